The van der Waals surface area contributed by atoms with Crippen molar-refractivity contribution in [2.75, 3.05) is 0 Å². The van der Waals surface area contributed by atoms with Crippen LogP contribution in [0.4, 0.5) is 0 Å². The van der Waals surface area contributed by atoms with Gasteiger partial charge in [0.15, 0.2) is 0 Å². The van der Waals surface area contributed by atoms with Crippen molar-refractivity contribution in [3.63, 3.8) is 0 Å². The number of hydrogen-bond acceptors (Lipinski definition) is 1. The molecule has 1 heteroatoms. The molecule has 0 N–H and O–H groups in total. The Morgan fingerprint density at radius 3 is 1.27 bits per heavy atom. The largest absolute Gasteiger partial charge is 0.456 e. The molecule has 45 heavy (non-hydrogen) atoms. The molecule has 9 aromatic carbocycles. The summed E-state index contributed by atoms with van der Waals surface area (Å²) in [6, 6.07) is -22.5. The van der Waals surface area contributed by atoms with Crippen molar-refractivity contribution in [2.45, 2.75) is 0 Å². The molecule has 0 spiro atoms. The third kappa shape index (κ3) is 3.50. The fraction of sp³-hybridized carbons (Fsp3) is 0. The molecular formula is C44H26O. The number of hydrogen-bond donors (Lipinski definition) is 0. The third-order valence-corrected chi connectivity index (χ3v) is 7.70. The summed E-state index contributed by atoms with van der Waals surface area (Å²) < 4.78 is 240. The first-order valence-electron chi connectivity index (χ1n) is 26.4. The van der Waals surface area contributed by atoms with Crippen molar-refractivity contribution in [3.05, 3.63) is 157 Å². The Balaban J connectivity index is 1.53. The Morgan fingerprint density at radius 2 is 0.711 bits per heavy atom. The van der Waals surface area contributed by atoms with E-state index in [9.17, 15) is 12.3 Å². The number of fused-ring (bicyclic) bond motifs is 11. The maximum atomic E-state index is 9.95. The average molecular weight is 597 g/mol. The van der Waals surface area contributed by atoms with E-state index in [1.807, 2.05) is 0 Å². The Kier molecular flexibility index (Phi) is 2.13. The highest BCUT2D eigenvalue weighted by Crippen LogP contribution is 2.45. The van der Waals surface area contributed by atoms with Gasteiger partial charge in [-0.15, -0.1) is 0 Å². The minimum atomic E-state index is -0.957. The van der Waals surface area contributed by atoms with Crippen molar-refractivity contribution in [3.8, 4) is 22.3 Å². The first kappa shape index (κ1) is 10.3. The Morgan fingerprint density at radius 1 is 0.289 bits per heavy atom. The standard InChI is InChI=1S/C44H26O/c1-2-12-27(13-3-1)43-33-18-8-10-20-35(33)44(36-21-11-9-19-34(36)43)28-22-23-41-39(24-28)40-25-37-31-16-6-4-14-29(31)30-15-5-7-17-32(30)38(37)26-42(40)45-41/h1-26H/i1D,2D,3D,4D,5D,6D,7D,8D,9D,10D,11D,12D,13D,14D,15D,16D,17D,18D,19D,20D,21D,22D,23D,24D,25D,26D. The van der Waals surface area contributed by atoms with Crippen LogP contribution >= 0.6 is 0 Å². The molecule has 0 saturated heterocycles. The van der Waals surface area contributed by atoms with Crippen LogP contribution in [0, 0.1) is 0 Å². The second-order valence-electron chi connectivity index (χ2n) is 10.0. The smallest absolute Gasteiger partial charge is 0.136 e. The Bertz CT molecular complexity index is 4180. The van der Waals surface area contributed by atoms with Gasteiger partial charge in [-0.3, -0.25) is 0 Å². The fourth-order valence-corrected chi connectivity index (χ4v) is 5.86. The van der Waals surface area contributed by atoms with E-state index < -0.39 is 255 Å². The van der Waals surface area contributed by atoms with Gasteiger partial charge in [0.25, 0.3) is 0 Å². The summed E-state index contributed by atoms with van der Waals surface area (Å²) in [7, 11) is 0. The topological polar surface area (TPSA) is 13.1 Å². The molecule has 10 rings (SSSR count). The molecule has 0 aliphatic heterocycles. The molecule has 0 bridgehead atoms. The third-order valence-electron chi connectivity index (χ3n) is 7.70. The van der Waals surface area contributed by atoms with Gasteiger partial charge in [-0.25, -0.2) is 0 Å². The van der Waals surface area contributed by atoms with E-state index in [0.29, 0.717) is 0 Å². The van der Waals surface area contributed by atoms with Gasteiger partial charge in [0.1, 0.15) is 11.2 Å². The second kappa shape index (κ2) is 9.29. The summed E-state index contributed by atoms with van der Waals surface area (Å²) in [5, 5.41) is -6.36. The van der Waals surface area contributed by atoms with Gasteiger partial charge in [0.2, 0.25) is 0 Å². The van der Waals surface area contributed by atoms with Crippen LogP contribution in [0.2, 0.25) is 0 Å². The second-order valence-corrected chi connectivity index (χ2v) is 10.0. The van der Waals surface area contributed by atoms with Crippen molar-refractivity contribution in [1.29, 1.82) is 0 Å². The highest BCUT2D eigenvalue weighted by atomic mass is 16.3. The highest BCUT2D eigenvalue weighted by Gasteiger charge is 2.18. The lowest BCUT2D eigenvalue weighted by Crippen LogP contribution is -1.90. The first-order valence-corrected chi connectivity index (χ1v) is 13.4. The zero-order valence-electron chi connectivity index (χ0n) is 48.4. The molecule has 0 aliphatic rings. The van der Waals surface area contributed by atoms with Crippen LogP contribution in [0.25, 0.3) is 98.1 Å². The molecule has 0 saturated carbocycles. The van der Waals surface area contributed by atoms with Crippen LogP contribution in [0.15, 0.2) is 162 Å². The van der Waals surface area contributed by atoms with Gasteiger partial charge < -0.3 is 4.42 Å². The molecule has 0 unspecified atom stereocenters. The van der Waals surface area contributed by atoms with Crippen LogP contribution in [-0.2, 0) is 0 Å². The Hall–Kier alpha value is -5.92. The maximum Gasteiger partial charge on any atom is 0.136 e. The molecule has 10 aromatic rings. The minimum Gasteiger partial charge on any atom is -0.456 e. The molecule has 0 fully saturated rings. The van der Waals surface area contributed by atoms with E-state index in [1.54, 1.807) is 0 Å². The van der Waals surface area contributed by atoms with Gasteiger partial charge in [-0.2, -0.15) is 0 Å². The molecule has 1 aromatic heterocycles. The molecule has 0 amide bonds. The summed E-state index contributed by atoms with van der Waals surface area (Å²) in [5.41, 5.74) is -4.03. The summed E-state index contributed by atoms with van der Waals surface area (Å²) in [6.45, 7) is 0. The molecule has 1 nitrogen and oxygen atoms in total. The highest BCUT2D eigenvalue weighted by molar-refractivity contribution is 6.28. The number of benzene rings is 9. The van der Waals surface area contributed by atoms with E-state index in [0.717, 1.165) is 0 Å². The summed E-state index contributed by atoms with van der Waals surface area (Å²) in [6.07, 6.45) is 0. The van der Waals surface area contributed by atoms with Crippen molar-refractivity contribution in [1.82, 2.24) is 0 Å². The molecule has 0 aliphatic carbocycles. The predicted octanol–water partition coefficient (Wildman–Crippen LogP) is 12.7. The molecular weight excluding hydrogens is 544 g/mol. The lowest BCUT2D eigenvalue weighted by Gasteiger charge is -2.17. The van der Waals surface area contributed by atoms with Gasteiger partial charge in [-0.1, -0.05) is 133 Å². The normalized spacial score (nSPS) is 20.1. The first-order chi connectivity index (χ1) is 33.2. The number of furan rings is 1. The van der Waals surface area contributed by atoms with E-state index in [1.165, 1.54) is 0 Å². The summed E-state index contributed by atoms with van der Waals surface area (Å²) in [4.78, 5) is 0. The average Bonchev–Trinajstić information content (AvgIpc) is 3.76. The van der Waals surface area contributed by atoms with Crippen molar-refractivity contribution < 1.29 is 40.1 Å². The Labute approximate surface area is 296 Å². The van der Waals surface area contributed by atoms with E-state index >= 15 is 0 Å². The predicted molar refractivity (Wildman–Crippen MR) is 192 cm³/mol. The zero-order chi connectivity index (χ0) is 52.1. The van der Waals surface area contributed by atoms with Crippen LogP contribution in [0.1, 0.15) is 35.6 Å². The van der Waals surface area contributed by atoms with Crippen LogP contribution in [0.5, 0.6) is 0 Å². The van der Waals surface area contributed by atoms with E-state index in [-0.39, 0.29) is 0 Å². The lowest BCUT2D eigenvalue weighted by molar-refractivity contribution is 0.669. The van der Waals surface area contributed by atoms with E-state index in [2.05, 4.69) is 0 Å². The monoisotopic (exact) mass is 596 g/mol. The minimum absolute atomic E-state index is 0.410. The van der Waals surface area contributed by atoms with Crippen LogP contribution in [0.3, 0.4) is 0 Å². The molecule has 0 atom stereocenters. The van der Waals surface area contributed by atoms with Crippen LogP contribution in [-0.4, -0.2) is 0 Å². The van der Waals surface area contributed by atoms with Gasteiger partial charge in [-0.05, 0) is 100 Å². The SMILES string of the molecule is [2H]c1c([2H])c([2H])c(-c2c3c([2H])c([2H])c([2H])c([2H])c3c(-c3c([2H])c([2H])c4oc5c([2H])c6c7c([2H])c([2H])c([2H])c([2H])c7c7c([2H])c([2H])c([2H])c([2H])c7c6c([2H])c5c4c3[2H])c3c([2H])c([2H])c([2H])c([2H])c23)c([2H])c1[2H]. The lowest BCUT2D eigenvalue weighted by atomic mass is 9.86. The van der Waals surface area contributed by atoms with Crippen molar-refractivity contribution >= 4 is 75.8 Å². The molecule has 208 valence electrons. The van der Waals surface area contributed by atoms with Gasteiger partial charge in [0.05, 0.1) is 35.6 Å². The van der Waals surface area contributed by atoms with Gasteiger partial charge in [0, 0.05) is 10.8 Å². The maximum absolute atomic E-state index is 9.95. The molecule has 1 heterocycles. The number of rotatable bonds is 2. The van der Waals surface area contributed by atoms with Crippen molar-refractivity contribution in [2.24, 2.45) is 0 Å². The quantitative estimate of drug-likeness (QED) is 0.143. The van der Waals surface area contributed by atoms with E-state index in [4.69, 9.17) is 27.7 Å². The zero-order valence-corrected chi connectivity index (χ0v) is 22.4. The van der Waals surface area contributed by atoms with Gasteiger partial charge >= 0.3 is 0 Å². The summed E-state index contributed by atoms with van der Waals surface area (Å²) in [5.74, 6) is 0. The fourth-order valence-electron chi connectivity index (χ4n) is 5.86. The summed E-state index contributed by atoms with van der Waals surface area (Å²) >= 11 is 0. The van der Waals surface area contributed by atoms with Crippen LogP contribution < -0.4 is 0 Å². The molecule has 0 radical (unpaired) electrons.